The van der Waals surface area contributed by atoms with E-state index in [0.717, 1.165) is 6.08 Å². The van der Waals surface area contributed by atoms with E-state index in [1.807, 2.05) is 18.2 Å². The predicted molar refractivity (Wildman–Crippen MR) is 51.5 cm³/mol. The summed E-state index contributed by atoms with van der Waals surface area (Å²) in [6.45, 7) is 1.45. The minimum absolute atomic E-state index is 0.00608. The molecule has 0 aromatic heterocycles. The lowest BCUT2D eigenvalue weighted by atomic mass is 10.3. The summed E-state index contributed by atoms with van der Waals surface area (Å²) in [6.07, 6.45) is 1.13. The Labute approximate surface area is 76.7 Å². The number of aliphatic hydroxyl groups is 1. The molecule has 0 saturated carbocycles. The average Bonchev–Trinajstić information content (AvgIpc) is 2.04. The highest BCUT2D eigenvalue weighted by molar-refractivity contribution is 5.99. The quantitative estimate of drug-likeness (QED) is 0.536. The van der Waals surface area contributed by atoms with Crippen LogP contribution in [-0.4, -0.2) is 11.0 Å². The fraction of sp³-hybridized carbons (Fsp3) is 0.100. The molecule has 2 N–H and O–H groups in total. The lowest BCUT2D eigenvalue weighted by molar-refractivity contribution is -0.112. The molecule has 1 aromatic rings. The van der Waals surface area contributed by atoms with Crippen LogP contribution in [0.4, 0.5) is 5.69 Å². The molecule has 0 spiro atoms. The van der Waals surface area contributed by atoms with Crippen molar-refractivity contribution < 1.29 is 9.90 Å². The number of benzene rings is 1. The van der Waals surface area contributed by atoms with Gasteiger partial charge in [0.2, 0.25) is 0 Å². The molecular formula is C10H11NO2. The molecule has 0 aliphatic heterocycles. The third-order valence-electron chi connectivity index (χ3n) is 1.38. The molecule has 13 heavy (non-hydrogen) atoms. The van der Waals surface area contributed by atoms with E-state index >= 15 is 0 Å². The van der Waals surface area contributed by atoms with E-state index in [-0.39, 0.29) is 11.7 Å². The fourth-order valence-corrected chi connectivity index (χ4v) is 0.890. The smallest absolute Gasteiger partial charge is 0.251 e. The summed E-state index contributed by atoms with van der Waals surface area (Å²) in [5.74, 6) is -0.334. The largest absolute Gasteiger partial charge is 0.512 e. The number of amides is 1. The number of carbonyl (C=O) groups excluding carboxylic acids is 1. The third-order valence-corrected chi connectivity index (χ3v) is 1.38. The Morgan fingerprint density at radius 3 is 2.54 bits per heavy atom. The zero-order chi connectivity index (χ0) is 9.68. The molecule has 0 atom stereocenters. The Bertz CT molecular complexity index is 313. The van der Waals surface area contributed by atoms with Crippen LogP contribution in [-0.2, 0) is 4.79 Å². The summed E-state index contributed by atoms with van der Waals surface area (Å²) in [4.78, 5) is 11.1. The van der Waals surface area contributed by atoms with Crippen molar-refractivity contribution in [1.82, 2.24) is 0 Å². The molecule has 0 unspecified atom stereocenters. The van der Waals surface area contributed by atoms with Gasteiger partial charge in [0, 0.05) is 11.8 Å². The van der Waals surface area contributed by atoms with E-state index in [1.54, 1.807) is 12.1 Å². The zero-order valence-corrected chi connectivity index (χ0v) is 7.32. The second kappa shape index (κ2) is 4.30. The van der Waals surface area contributed by atoms with Crippen molar-refractivity contribution in [2.24, 2.45) is 0 Å². The first kappa shape index (κ1) is 9.32. The van der Waals surface area contributed by atoms with Gasteiger partial charge in [-0.2, -0.15) is 0 Å². The van der Waals surface area contributed by atoms with Gasteiger partial charge in [0.15, 0.2) is 0 Å². The van der Waals surface area contributed by atoms with Crippen LogP contribution >= 0.6 is 0 Å². The van der Waals surface area contributed by atoms with Gasteiger partial charge in [0.05, 0.1) is 5.76 Å². The van der Waals surface area contributed by atoms with E-state index in [4.69, 9.17) is 5.11 Å². The van der Waals surface area contributed by atoms with Crippen LogP contribution in [0.1, 0.15) is 6.92 Å². The van der Waals surface area contributed by atoms with Crippen molar-refractivity contribution >= 4 is 11.6 Å². The highest BCUT2D eigenvalue weighted by Gasteiger charge is 1.96. The van der Waals surface area contributed by atoms with E-state index in [0.29, 0.717) is 5.69 Å². The SMILES string of the molecule is CC(O)=CC(=O)Nc1ccccc1. The standard InChI is InChI=1S/C10H11NO2/c1-8(12)7-10(13)11-9-5-3-2-4-6-9/h2-7,12H,1H3,(H,11,13). The Morgan fingerprint density at radius 2 is 2.00 bits per heavy atom. The van der Waals surface area contributed by atoms with E-state index < -0.39 is 0 Å². The maximum atomic E-state index is 11.1. The summed E-state index contributed by atoms with van der Waals surface area (Å²) < 4.78 is 0. The Kier molecular flexibility index (Phi) is 3.09. The summed E-state index contributed by atoms with van der Waals surface area (Å²) in [7, 11) is 0. The maximum Gasteiger partial charge on any atom is 0.251 e. The number of allylic oxidation sites excluding steroid dienone is 1. The van der Waals surface area contributed by atoms with Crippen LogP contribution in [0.2, 0.25) is 0 Å². The number of hydrogen-bond donors (Lipinski definition) is 2. The minimum atomic E-state index is -0.328. The molecule has 0 fully saturated rings. The first-order valence-electron chi connectivity index (χ1n) is 3.92. The Balaban J connectivity index is 2.61. The van der Waals surface area contributed by atoms with Crippen LogP contribution in [0.15, 0.2) is 42.2 Å². The normalized spacial score (nSPS) is 11.0. The van der Waals surface area contributed by atoms with Crippen molar-refractivity contribution in [1.29, 1.82) is 0 Å². The third kappa shape index (κ3) is 3.42. The summed E-state index contributed by atoms with van der Waals surface area (Å²) >= 11 is 0. The van der Waals surface area contributed by atoms with Gasteiger partial charge in [-0.25, -0.2) is 0 Å². The highest BCUT2D eigenvalue weighted by atomic mass is 16.3. The Morgan fingerprint density at radius 1 is 1.38 bits per heavy atom. The predicted octanol–water partition coefficient (Wildman–Crippen LogP) is 2.09. The van der Waals surface area contributed by atoms with Gasteiger partial charge in [-0.1, -0.05) is 18.2 Å². The Hall–Kier alpha value is -1.77. The van der Waals surface area contributed by atoms with Gasteiger partial charge >= 0.3 is 0 Å². The van der Waals surface area contributed by atoms with Gasteiger partial charge < -0.3 is 10.4 Å². The fourth-order valence-electron chi connectivity index (χ4n) is 0.890. The first-order chi connectivity index (χ1) is 6.18. The number of anilines is 1. The van der Waals surface area contributed by atoms with Gasteiger partial charge in [0.1, 0.15) is 0 Å². The molecule has 0 heterocycles. The van der Waals surface area contributed by atoms with Crippen LogP contribution in [0, 0.1) is 0 Å². The highest BCUT2D eigenvalue weighted by Crippen LogP contribution is 2.04. The van der Waals surface area contributed by atoms with Gasteiger partial charge in [0.25, 0.3) is 5.91 Å². The second-order valence-electron chi connectivity index (χ2n) is 2.64. The summed E-state index contributed by atoms with van der Waals surface area (Å²) in [5, 5.41) is 11.4. The van der Waals surface area contributed by atoms with Crippen molar-refractivity contribution in [2.75, 3.05) is 5.32 Å². The van der Waals surface area contributed by atoms with Crippen LogP contribution < -0.4 is 5.32 Å². The van der Waals surface area contributed by atoms with Crippen LogP contribution in [0.3, 0.4) is 0 Å². The lowest BCUT2D eigenvalue weighted by Gasteiger charge is -2.00. The van der Waals surface area contributed by atoms with Crippen LogP contribution in [0.25, 0.3) is 0 Å². The lowest BCUT2D eigenvalue weighted by Crippen LogP contribution is -2.08. The number of hydrogen-bond acceptors (Lipinski definition) is 2. The topological polar surface area (TPSA) is 49.3 Å². The second-order valence-corrected chi connectivity index (χ2v) is 2.64. The van der Waals surface area contributed by atoms with Crippen molar-refractivity contribution in [3.8, 4) is 0 Å². The number of nitrogens with one attached hydrogen (secondary N) is 1. The number of para-hydroxylation sites is 1. The van der Waals surface area contributed by atoms with Gasteiger partial charge in [-0.05, 0) is 19.1 Å². The number of carbonyl (C=O) groups is 1. The summed E-state index contributed by atoms with van der Waals surface area (Å²) in [6, 6.07) is 9.07. The minimum Gasteiger partial charge on any atom is -0.512 e. The number of aliphatic hydroxyl groups excluding tert-OH is 1. The monoisotopic (exact) mass is 177 g/mol. The molecule has 3 nitrogen and oxygen atoms in total. The van der Waals surface area contributed by atoms with Gasteiger partial charge in [-0.3, -0.25) is 4.79 Å². The average molecular weight is 177 g/mol. The molecule has 0 bridgehead atoms. The molecular weight excluding hydrogens is 166 g/mol. The first-order valence-corrected chi connectivity index (χ1v) is 3.92. The van der Waals surface area contributed by atoms with Crippen LogP contribution in [0.5, 0.6) is 0 Å². The van der Waals surface area contributed by atoms with E-state index in [1.165, 1.54) is 6.92 Å². The molecule has 68 valence electrons. The van der Waals surface area contributed by atoms with Crippen molar-refractivity contribution in [2.45, 2.75) is 6.92 Å². The van der Waals surface area contributed by atoms with E-state index in [2.05, 4.69) is 5.32 Å². The number of rotatable bonds is 2. The molecule has 0 aliphatic carbocycles. The molecule has 1 aromatic carbocycles. The molecule has 0 saturated heterocycles. The van der Waals surface area contributed by atoms with Crippen molar-refractivity contribution in [3.05, 3.63) is 42.2 Å². The molecule has 0 radical (unpaired) electrons. The molecule has 3 heteroatoms. The maximum absolute atomic E-state index is 11.1. The van der Waals surface area contributed by atoms with Crippen molar-refractivity contribution in [3.63, 3.8) is 0 Å². The molecule has 0 aliphatic rings. The summed E-state index contributed by atoms with van der Waals surface area (Å²) in [5.41, 5.74) is 0.713. The van der Waals surface area contributed by atoms with Gasteiger partial charge in [-0.15, -0.1) is 0 Å². The molecule has 1 rings (SSSR count). The van der Waals surface area contributed by atoms with E-state index in [9.17, 15) is 4.79 Å². The molecule has 1 amide bonds. The zero-order valence-electron chi connectivity index (χ0n) is 7.32.